The first-order valence-corrected chi connectivity index (χ1v) is 10.1. The number of benzene rings is 2. The number of hydrogen-bond donors (Lipinski definition) is 1. The summed E-state index contributed by atoms with van der Waals surface area (Å²) in [4.78, 5) is 15.0. The standard InChI is InChI=1S/C23H23N3O4/c27-19-15-29-12-9-20(19)30-21-4-1-3-17-14-25(23(28)22(17)21)13-16-5-7-18(8-6-16)26-11-2-10-24-26/h1-8,10-11,19-20,27H,9,12-15H2/t19-,20-/m0/s1. The summed E-state index contributed by atoms with van der Waals surface area (Å²) in [6.07, 6.45) is 3.20. The van der Waals surface area contributed by atoms with Crippen LogP contribution in [0.15, 0.2) is 60.9 Å². The molecule has 3 aromatic rings. The third kappa shape index (κ3) is 3.58. The molecule has 0 saturated carbocycles. The highest BCUT2D eigenvalue weighted by molar-refractivity contribution is 6.01. The first kappa shape index (κ1) is 18.8. The lowest BCUT2D eigenvalue weighted by Crippen LogP contribution is -2.40. The van der Waals surface area contributed by atoms with Crippen molar-refractivity contribution in [1.82, 2.24) is 14.7 Å². The number of ether oxygens (including phenoxy) is 2. The summed E-state index contributed by atoms with van der Waals surface area (Å²) < 4.78 is 13.1. The molecule has 0 bridgehead atoms. The van der Waals surface area contributed by atoms with Gasteiger partial charge in [0.2, 0.25) is 0 Å². The second-order valence-corrected chi connectivity index (χ2v) is 7.66. The number of fused-ring (bicyclic) bond motifs is 1. The largest absolute Gasteiger partial charge is 0.487 e. The molecule has 0 spiro atoms. The molecule has 0 unspecified atom stereocenters. The van der Waals surface area contributed by atoms with Crippen LogP contribution in [-0.4, -0.2) is 51.1 Å². The third-order valence-electron chi connectivity index (χ3n) is 5.60. The first-order valence-electron chi connectivity index (χ1n) is 10.1. The highest BCUT2D eigenvalue weighted by atomic mass is 16.5. The topological polar surface area (TPSA) is 76.8 Å². The van der Waals surface area contributed by atoms with Crippen molar-refractivity contribution in [3.8, 4) is 11.4 Å². The molecule has 7 heteroatoms. The zero-order chi connectivity index (χ0) is 20.5. The van der Waals surface area contributed by atoms with E-state index in [9.17, 15) is 9.90 Å². The molecule has 1 N–H and O–H groups in total. The van der Waals surface area contributed by atoms with Gasteiger partial charge in [-0.15, -0.1) is 0 Å². The Hall–Kier alpha value is -3.16. The average Bonchev–Trinajstić information content (AvgIpc) is 3.40. The van der Waals surface area contributed by atoms with E-state index >= 15 is 0 Å². The average molecular weight is 405 g/mol. The van der Waals surface area contributed by atoms with E-state index in [0.29, 0.717) is 37.4 Å². The molecule has 154 valence electrons. The molecule has 1 amide bonds. The molecule has 7 nitrogen and oxygen atoms in total. The molecule has 30 heavy (non-hydrogen) atoms. The van der Waals surface area contributed by atoms with Crippen LogP contribution in [0.2, 0.25) is 0 Å². The number of carbonyl (C=O) groups is 1. The molecule has 2 atom stereocenters. The second-order valence-electron chi connectivity index (χ2n) is 7.66. The summed E-state index contributed by atoms with van der Waals surface area (Å²) in [5.74, 6) is 0.498. The molecule has 0 radical (unpaired) electrons. The van der Waals surface area contributed by atoms with Gasteiger partial charge in [-0.2, -0.15) is 5.10 Å². The molecule has 1 saturated heterocycles. The zero-order valence-electron chi connectivity index (χ0n) is 16.5. The van der Waals surface area contributed by atoms with E-state index in [4.69, 9.17) is 9.47 Å². The smallest absolute Gasteiger partial charge is 0.258 e. The molecule has 1 aromatic heterocycles. The molecule has 1 fully saturated rings. The molecule has 2 aliphatic heterocycles. The van der Waals surface area contributed by atoms with Crippen LogP contribution in [0.25, 0.3) is 5.69 Å². The van der Waals surface area contributed by atoms with Gasteiger partial charge in [-0.25, -0.2) is 4.68 Å². The Morgan fingerprint density at radius 3 is 2.80 bits per heavy atom. The molecule has 2 aliphatic rings. The van der Waals surface area contributed by atoms with Crippen molar-refractivity contribution >= 4 is 5.91 Å². The van der Waals surface area contributed by atoms with E-state index in [-0.39, 0.29) is 18.6 Å². The number of nitrogens with zero attached hydrogens (tertiary/aromatic N) is 3. The maximum absolute atomic E-state index is 13.1. The lowest BCUT2D eigenvalue weighted by atomic mass is 10.1. The van der Waals surface area contributed by atoms with E-state index in [1.54, 1.807) is 16.9 Å². The number of rotatable bonds is 5. The van der Waals surface area contributed by atoms with Crippen LogP contribution in [0.3, 0.4) is 0 Å². The van der Waals surface area contributed by atoms with Gasteiger partial charge in [-0.05, 0) is 35.4 Å². The summed E-state index contributed by atoms with van der Waals surface area (Å²) >= 11 is 0. The van der Waals surface area contributed by atoms with Gasteiger partial charge in [0.15, 0.2) is 0 Å². The second kappa shape index (κ2) is 7.93. The lowest BCUT2D eigenvalue weighted by Gasteiger charge is -2.28. The van der Waals surface area contributed by atoms with Crippen molar-refractivity contribution in [3.05, 3.63) is 77.6 Å². The van der Waals surface area contributed by atoms with Crippen molar-refractivity contribution in [2.45, 2.75) is 31.7 Å². The number of amides is 1. The maximum Gasteiger partial charge on any atom is 0.258 e. The van der Waals surface area contributed by atoms with Crippen LogP contribution < -0.4 is 4.74 Å². The molecular formula is C23H23N3O4. The third-order valence-corrected chi connectivity index (χ3v) is 5.60. The summed E-state index contributed by atoms with van der Waals surface area (Å²) in [5, 5.41) is 14.4. The molecule has 3 heterocycles. The highest BCUT2D eigenvalue weighted by Gasteiger charge is 2.33. The lowest BCUT2D eigenvalue weighted by molar-refractivity contribution is -0.0752. The highest BCUT2D eigenvalue weighted by Crippen LogP contribution is 2.33. The minimum atomic E-state index is -0.685. The Kier molecular flexibility index (Phi) is 4.98. The minimum absolute atomic E-state index is 0.0432. The van der Waals surface area contributed by atoms with Crippen molar-refractivity contribution in [3.63, 3.8) is 0 Å². The SMILES string of the molecule is O=C1c2c(cccc2O[C@H]2CCOC[C@@H]2O)CN1Cc1ccc(-n2cccn2)cc1. The van der Waals surface area contributed by atoms with E-state index in [2.05, 4.69) is 5.10 Å². The van der Waals surface area contributed by atoms with Gasteiger partial charge in [0.25, 0.3) is 5.91 Å². The summed E-state index contributed by atoms with van der Waals surface area (Å²) in [7, 11) is 0. The van der Waals surface area contributed by atoms with E-state index in [1.807, 2.05) is 53.6 Å². The Morgan fingerprint density at radius 2 is 2.03 bits per heavy atom. The van der Waals surface area contributed by atoms with Gasteiger partial charge < -0.3 is 19.5 Å². The molecule has 0 aliphatic carbocycles. The quantitative estimate of drug-likeness (QED) is 0.706. The van der Waals surface area contributed by atoms with Gasteiger partial charge in [0.1, 0.15) is 18.0 Å². The number of aliphatic hydroxyl groups excluding tert-OH is 1. The fourth-order valence-corrected chi connectivity index (χ4v) is 4.01. The molecule has 2 aromatic carbocycles. The van der Waals surface area contributed by atoms with Crippen LogP contribution in [0.4, 0.5) is 0 Å². The number of hydrogen-bond acceptors (Lipinski definition) is 5. The van der Waals surface area contributed by atoms with Gasteiger partial charge in [0.05, 0.1) is 24.5 Å². The van der Waals surface area contributed by atoms with E-state index in [1.165, 1.54) is 0 Å². The van der Waals surface area contributed by atoms with Crippen molar-refractivity contribution in [2.24, 2.45) is 0 Å². The Labute approximate surface area is 174 Å². The van der Waals surface area contributed by atoms with Crippen molar-refractivity contribution < 1.29 is 19.4 Å². The summed E-state index contributed by atoms with van der Waals surface area (Å²) in [6.45, 7) is 1.87. The number of carbonyl (C=O) groups excluding carboxylic acids is 1. The summed E-state index contributed by atoms with van der Waals surface area (Å²) in [6, 6.07) is 15.6. The first-order chi connectivity index (χ1) is 14.7. The van der Waals surface area contributed by atoms with Crippen molar-refractivity contribution in [1.29, 1.82) is 0 Å². The molecule has 5 rings (SSSR count). The maximum atomic E-state index is 13.1. The van der Waals surface area contributed by atoms with Crippen LogP contribution in [0.1, 0.15) is 27.9 Å². The Balaban J connectivity index is 1.31. The predicted molar refractivity (Wildman–Crippen MR) is 109 cm³/mol. The summed E-state index contributed by atoms with van der Waals surface area (Å²) in [5.41, 5.74) is 3.58. The fraction of sp³-hybridized carbons (Fsp3) is 0.304. The minimum Gasteiger partial charge on any atom is -0.487 e. The van der Waals surface area contributed by atoms with E-state index in [0.717, 1.165) is 16.8 Å². The Morgan fingerprint density at radius 1 is 1.17 bits per heavy atom. The fourth-order valence-electron chi connectivity index (χ4n) is 4.01. The van der Waals surface area contributed by atoms with Crippen LogP contribution in [0, 0.1) is 0 Å². The zero-order valence-corrected chi connectivity index (χ0v) is 16.5. The van der Waals surface area contributed by atoms with Crippen LogP contribution in [-0.2, 0) is 17.8 Å². The monoisotopic (exact) mass is 405 g/mol. The van der Waals surface area contributed by atoms with Gasteiger partial charge in [-0.1, -0.05) is 24.3 Å². The Bertz CT molecular complexity index is 1030. The van der Waals surface area contributed by atoms with Crippen molar-refractivity contribution in [2.75, 3.05) is 13.2 Å². The predicted octanol–water partition coefficient (Wildman–Crippen LogP) is 2.56. The van der Waals surface area contributed by atoms with Gasteiger partial charge in [-0.3, -0.25) is 4.79 Å². The van der Waals surface area contributed by atoms with Crippen LogP contribution >= 0.6 is 0 Å². The van der Waals surface area contributed by atoms with Gasteiger partial charge in [0, 0.05) is 31.9 Å². The normalized spacial score (nSPS) is 21.0. The van der Waals surface area contributed by atoms with Gasteiger partial charge >= 0.3 is 0 Å². The number of aromatic nitrogens is 2. The molecular weight excluding hydrogens is 382 g/mol. The van der Waals surface area contributed by atoms with Crippen LogP contribution in [0.5, 0.6) is 5.75 Å². The number of aliphatic hydroxyl groups is 1. The van der Waals surface area contributed by atoms with E-state index < -0.39 is 6.10 Å².